The lowest BCUT2D eigenvalue weighted by atomic mass is 10.1. The van der Waals surface area contributed by atoms with Crippen molar-refractivity contribution in [3.63, 3.8) is 0 Å². The van der Waals surface area contributed by atoms with Crippen LogP contribution in [0.25, 0.3) is 11.3 Å². The van der Waals surface area contributed by atoms with Gasteiger partial charge in [0.2, 0.25) is 0 Å². The van der Waals surface area contributed by atoms with Gasteiger partial charge in [0.25, 0.3) is 5.91 Å². The molecule has 0 spiro atoms. The highest BCUT2D eigenvalue weighted by Crippen LogP contribution is 2.30. The molecule has 0 aliphatic carbocycles. The van der Waals surface area contributed by atoms with Crippen molar-refractivity contribution < 1.29 is 4.79 Å². The van der Waals surface area contributed by atoms with E-state index in [0.29, 0.717) is 11.3 Å². The van der Waals surface area contributed by atoms with E-state index >= 15 is 0 Å². The van der Waals surface area contributed by atoms with Gasteiger partial charge in [-0.3, -0.25) is 4.79 Å². The number of aromatic nitrogens is 1. The van der Waals surface area contributed by atoms with Crippen molar-refractivity contribution >= 4 is 17.3 Å². The van der Waals surface area contributed by atoms with Gasteiger partial charge in [-0.25, -0.2) is 0 Å². The van der Waals surface area contributed by atoms with Gasteiger partial charge in [-0.1, -0.05) is 48.5 Å². The smallest absolute Gasteiger partial charge is 0.259 e. The second-order valence-corrected chi connectivity index (χ2v) is 5.10. The topological polar surface area (TPSA) is 70.9 Å². The Labute approximate surface area is 129 Å². The van der Waals surface area contributed by atoms with Gasteiger partial charge < -0.3 is 16.0 Å². The van der Waals surface area contributed by atoms with E-state index in [1.807, 2.05) is 67.6 Å². The van der Waals surface area contributed by atoms with Crippen molar-refractivity contribution in [3.8, 4) is 11.3 Å². The highest BCUT2D eigenvalue weighted by molar-refractivity contribution is 6.10. The summed E-state index contributed by atoms with van der Waals surface area (Å²) in [6, 6.07) is 19.1. The van der Waals surface area contributed by atoms with Gasteiger partial charge in [0.05, 0.1) is 16.9 Å². The highest BCUT2D eigenvalue weighted by atomic mass is 16.1. The number of hydrogen-bond acceptors (Lipinski definition) is 2. The third kappa shape index (κ3) is 2.59. The zero-order chi connectivity index (χ0) is 15.5. The lowest BCUT2D eigenvalue weighted by Gasteiger charge is -2.06. The summed E-state index contributed by atoms with van der Waals surface area (Å²) in [5, 5.41) is 2.87. The van der Waals surface area contributed by atoms with Crippen LogP contribution < -0.4 is 11.1 Å². The first-order valence-corrected chi connectivity index (χ1v) is 7.06. The zero-order valence-electron chi connectivity index (χ0n) is 12.3. The standard InChI is InChI=1S/C18H17N3O/c1-12-15(18(22)21-14-10-6-3-7-11-14)16(19)17(20-12)13-8-4-2-5-9-13/h2-11,20H,19H2,1H3,(H,21,22). The van der Waals surface area contributed by atoms with E-state index in [0.717, 1.165) is 22.6 Å². The summed E-state index contributed by atoms with van der Waals surface area (Å²) in [7, 11) is 0. The number of carbonyl (C=O) groups is 1. The SMILES string of the molecule is Cc1[nH]c(-c2ccccc2)c(N)c1C(=O)Nc1ccccc1. The molecule has 22 heavy (non-hydrogen) atoms. The third-order valence-electron chi connectivity index (χ3n) is 3.55. The average Bonchev–Trinajstić information content (AvgIpc) is 2.84. The molecule has 1 amide bonds. The number of amides is 1. The molecule has 0 radical (unpaired) electrons. The Morgan fingerprint density at radius 1 is 1.00 bits per heavy atom. The van der Waals surface area contributed by atoms with Crippen molar-refractivity contribution in [3.05, 3.63) is 71.9 Å². The molecule has 0 aliphatic heterocycles. The fraction of sp³-hybridized carbons (Fsp3) is 0.0556. The predicted octanol–water partition coefficient (Wildman–Crippen LogP) is 3.82. The first-order valence-electron chi connectivity index (χ1n) is 7.06. The van der Waals surface area contributed by atoms with Gasteiger partial charge in [0, 0.05) is 16.9 Å². The summed E-state index contributed by atoms with van der Waals surface area (Å²) in [5.41, 5.74) is 10.4. The Kier molecular flexibility index (Phi) is 3.66. The molecule has 1 heterocycles. The number of benzene rings is 2. The summed E-state index contributed by atoms with van der Waals surface area (Å²) in [5.74, 6) is -0.209. The zero-order valence-corrected chi connectivity index (χ0v) is 12.3. The Hall–Kier alpha value is -3.01. The van der Waals surface area contributed by atoms with Crippen LogP contribution in [-0.4, -0.2) is 10.9 Å². The maximum Gasteiger partial charge on any atom is 0.259 e. The molecule has 3 aromatic rings. The lowest BCUT2D eigenvalue weighted by Crippen LogP contribution is -2.14. The van der Waals surface area contributed by atoms with E-state index < -0.39 is 0 Å². The number of nitrogens with two attached hydrogens (primary N) is 1. The van der Waals surface area contributed by atoms with Crippen LogP contribution >= 0.6 is 0 Å². The number of para-hydroxylation sites is 1. The molecular weight excluding hydrogens is 274 g/mol. The molecule has 4 nitrogen and oxygen atoms in total. The van der Waals surface area contributed by atoms with Crippen molar-refractivity contribution in [1.82, 2.24) is 4.98 Å². The molecule has 1 aromatic heterocycles. The van der Waals surface area contributed by atoms with Crippen LogP contribution in [0.2, 0.25) is 0 Å². The third-order valence-corrected chi connectivity index (χ3v) is 3.55. The second-order valence-electron chi connectivity index (χ2n) is 5.10. The van der Waals surface area contributed by atoms with Crippen molar-refractivity contribution in [2.45, 2.75) is 6.92 Å². The predicted molar refractivity (Wildman–Crippen MR) is 89.8 cm³/mol. The number of hydrogen-bond donors (Lipinski definition) is 3. The van der Waals surface area contributed by atoms with E-state index in [2.05, 4.69) is 10.3 Å². The monoisotopic (exact) mass is 291 g/mol. The van der Waals surface area contributed by atoms with Crippen LogP contribution in [-0.2, 0) is 0 Å². The number of carbonyl (C=O) groups excluding carboxylic acids is 1. The van der Waals surface area contributed by atoms with Crippen molar-refractivity contribution in [1.29, 1.82) is 0 Å². The molecule has 0 unspecified atom stereocenters. The minimum absolute atomic E-state index is 0.209. The van der Waals surface area contributed by atoms with Crippen LogP contribution in [0, 0.1) is 6.92 Å². The fourth-order valence-corrected chi connectivity index (χ4v) is 2.48. The molecule has 0 aliphatic rings. The van der Waals surface area contributed by atoms with Crippen molar-refractivity contribution in [2.75, 3.05) is 11.1 Å². The number of aromatic amines is 1. The Morgan fingerprint density at radius 2 is 1.59 bits per heavy atom. The van der Waals surface area contributed by atoms with Crippen molar-refractivity contribution in [2.24, 2.45) is 0 Å². The minimum Gasteiger partial charge on any atom is -0.396 e. The van der Waals surface area contributed by atoms with Gasteiger partial charge in [-0.2, -0.15) is 0 Å². The second kappa shape index (κ2) is 5.77. The van der Waals surface area contributed by atoms with Crippen LogP contribution in [0.5, 0.6) is 0 Å². The summed E-state index contributed by atoms with van der Waals surface area (Å²) in [6.45, 7) is 1.85. The lowest BCUT2D eigenvalue weighted by molar-refractivity contribution is 0.102. The van der Waals surface area contributed by atoms with Gasteiger partial charge in [-0.15, -0.1) is 0 Å². The summed E-state index contributed by atoms with van der Waals surface area (Å²) in [4.78, 5) is 15.7. The summed E-state index contributed by atoms with van der Waals surface area (Å²) >= 11 is 0. The summed E-state index contributed by atoms with van der Waals surface area (Å²) in [6.07, 6.45) is 0. The maximum atomic E-state index is 12.5. The molecule has 4 heteroatoms. The van der Waals surface area contributed by atoms with E-state index in [9.17, 15) is 4.79 Å². The molecule has 0 saturated heterocycles. The van der Waals surface area contributed by atoms with Gasteiger partial charge >= 0.3 is 0 Å². The normalized spacial score (nSPS) is 10.4. The average molecular weight is 291 g/mol. The first kappa shape index (κ1) is 13.9. The highest BCUT2D eigenvalue weighted by Gasteiger charge is 2.19. The number of nitrogen functional groups attached to an aromatic ring is 1. The van der Waals surface area contributed by atoms with E-state index in [1.165, 1.54) is 0 Å². The fourth-order valence-electron chi connectivity index (χ4n) is 2.48. The molecule has 0 fully saturated rings. The molecule has 0 bridgehead atoms. The van der Waals surface area contributed by atoms with Gasteiger partial charge in [-0.05, 0) is 19.1 Å². The summed E-state index contributed by atoms with van der Waals surface area (Å²) < 4.78 is 0. The first-order chi connectivity index (χ1) is 10.7. The Morgan fingerprint density at radius 3 is 2.23 bits per heavy atom. The quantitative estimate of drug-likeness (QED) is 0.686. The molecule has 0 atom stereocenters. The number of anilines is 2. The largest absolute Gasteiger partial charge is 0.396 e. The molecule has 2 aromatic carbocycles. The Balaban J connectivity index is 1.95. The Bertz CT molecular complexity index is 792. The van der Waals surface area contributed by atoms with Gasteiger partial charge in [0.15, 0.2) is 0 Å². The van der Waals surface area contributed by atoms with Gasteiger partial charge in [0.1, 0.15) is 0 Å². The molecule has 0 saturated carbocycles. The van der Waals surface area contributed by atoms with E-state index in [4.69, 9.17) is 5.73 Å². The van der Waals surface area contributed by atoms with E-state index in [1.54, 1.807) is 0 Å². The molecule has 110 valence electrons. The van der Waals surface area contributed by atoms with Crippen LogP contribution in [0.3, 0.4) is 0 Å². The number of aryl methyl sites for hydroxylation is 1. The number of nitrogens with one attached hydrogen (secondary N) is 2. The molecule has 4 N–H and O–H groups in total. The maximum absolute atomic E-state index is 12.5. The number of rotatable bonds is 3. The van der Waals surface area contributed by atoms with Crippen LogP contribution in [0.15, 0.2) is 60.7 Å². The van der Waals surface area contributed by atoms with E-state index in [-0.39, 0.29) is 5.91 Å². The molecule has 3 rings (SSSR count). The minimum atomic E-state index is -0.209. The van der Waals surface area contributed by atoms with Crippen LogP contribution in [0.1, 0.15) is 16.1 Å². The van der Waals surface area contributed by atoms with Crippen LogP contribution in [0.4, 0.5) is 11.4 Å². The number of H-pyrrole nitrogens is 1. The molecular formula is C18H17N3O.